The first-order chi connectivity index (χ1) is 14.1. The summed E-state index contributed by atoms with van der Waals surface area (Å²) < 4.78 is 6.76. The highest BCUT2D eigenvalue weighted by atomic mass is 16.5. The third kappa shape index (κ3) is 5.08. The van der Waals surface area contributed by atoms with Crippen LogP contribution in [0.3, 0.4) is 0 Å². The van der Waals surface area contributed by atoms with Crippen LogP contribution in [0.5, 0.6) is 5.75 Å². The molecule has 29 heavy (non-hydrogen) atoms. The Labute approximate surface area is 168 Å². The van der Waals surface area contributed by atoms with Crippen LogP contribution in [0.1, 0.15) is 22.8 Å². The van der Waals surface area contributed by atoms with Gasteiger partial charge in [0, 0.05) is 23.7 Å². The number of amides is 1. The molecule has 0 saturated heterocycles. The van der Waals surface area contributed by atoms with Crippen LogP contribution in [0.25, 0.3) is 11.3 Å². The first-order valence-electron chi connectivity index (χ1n) is 9.20. The Morgan fingerprint density at radius 1 is 1.10 bits per heavy atom. The van der Waals surface area contributed by atoms with E-state index in [1.165, 1.54) is 10.7 Å². The van der Waals surface area contributed by atoms with E-state index < -0.39 is 0 Å². The SMILES string of the molecule is CCOc1ccc(-c2ccc(=O)n(CCNC(=O)c3ccc(C#N)cc3)n2)cc1. The molecule has 3 aromatic rings. The maximum absolute atomic E-state index is 12.2. The molecule has 0 saturated carbocycles. The van der Waals surface area contributed by atoms with E-state index >= 15 is 0 Å². The van der Waals surface area contributed by atoms with Crippen LogP contribution in [0, 0.1) is 11.3 Å². The number of hydrogen-bond donors (Lipinski definition) is 1. The number of aromatic nitrogens is 2. The van der Waals surface area contributed by atoms with Crippen LogP contribution >= 0.6 is 0 Å². The van der Waals surface area contributed by atoms with Gasteiger partial charge in [0.1, 0.15) is 5.75 Å². The van der Waals surface area contributed by atoms with Crippen LogP contribution in [0.15, 0.2) is 65.5 Å². The molecule has 1 N–H and O–H groups in total. The summed E-state index contributed by atoms with van der Waals surface area (Å²) in [4.78, 5) is 24.3. The minimum Gasteiger partial charge on any atom is -0.494 e. The third-order valence-corrected chi connectivity index (χ3v) is 4.21. The van der Waals surface area contributed by atoms with E-state index in [9.17, 15) is 9.59 Å². The van der Waals surface area contributed by atoms with Crippen molar-refractivity contribution in [2.24, 2.45) is 0 Å². The lowest BCUT2D eigenvalue weighted by atomic mass is 10.1. The van der Waals surface area contributed by atoms with E-state index in [1.54, 1.807) is 30.3 Å². The van der Waals surface area contributed by atoms with Gasteiger partial charge in [-0.15, -0.1) is 0 Å². The smallest absolute Gasteiger partial charge is 0.266 e. The Morgan fingerprint density at radius 2 is 1.83 bits per heavy atom. The monoisotopic (exact) mass is 388 g/mol. The topological polar surface area (TPSA) is 97.0 Å². The minimum atomic E-state index is -0.273. The zero-order chi connectivity index (χ0) is 20.6. The third-order valence-electron chi connectivity index (χ3n) is 4.21. The molecule has 146 valence electrons. The number of nitriles is 1. The van der Waals surface area contributed by atoms with Crippen LogP contribution < -0.4 is 15.6 Å². The molecule has 7 nitrogen and oxygen atoms in total. The van der Waals surface area contributed by atoms with Gasteiger partial charge in [-0.3, -0.25) is 9.59 Å². The summed E-state index contributed by atoms with van der Waals surface area (Å²) >= 11 is 0. The van der Waals surface area contributed by atoms with E-state index in [-0.39, 0.29) is 24.6 Å². The zero-order valence-electron chi connectivity index (χ0n) is 16.0. The second-order valence-corrected chi connectivity index (χ2v) is 6.18. The van der Waals surface area contributed by atoms with E-state index in [1.807, 2.05) is 37.3 Å². The van der Waals surface area contributed by atoms with Crippen molar-refractivity contribution in [3.8, 4) is 23.1 Å². The van der Waals surface area contributed by atoms with Crippen molar-refractivity contribution in [3.05, 3.63) is 82.1 Å². The number of ether oxygens (including phenoxy) is 1. The summed E-state index contributed by atoms with van der Waals surface area (Å²) in [6.45, 7) is 3.01. The summed E-state index contributed by atoms with van der Waals surface area (Å²) in [5.41, 5.74) is 2.22. The Bertz CT molecular complexity index is 1080. The zero-order valence-corrected chi connectivity index (χ0v) is 16.0. The fraction of sp³-hybridized carbons (Fsp3) is 0.182. The van der Waals surface area contributed by atoms with E-state index in [0.717, 1.165) is 11.3 Å². The summed E-state index contributed by atoms with van der Waals surface area (Å²) in [5, 5.41) is 15.9. The van der Waals surface area contributed by atoms with Crippen molar-refractivity contribution in [2.75, 3.05) is 13.2 Å². The van der Waals surface area contributed by atoms with Crippen molar-refractivity contribution < 1.29 is 9.53 Å². The molecule has 1 amide bonds. The number of carbonyl (C=O) groups excluding carboxylic acids is 1. The molecule has 0 fully saturated rings. The Morgan fingerprint density at radius 3 is 2.48 bits per heavy atom. The molecule has 0 aliphatic rings. The molecule has 2 aromatic carbocycles. The fourth-order valence-corrected chi connectivity index (χ4v) is 2.73. The average Bonchev–Trinajstić information content (AvgIpc) is 2.76. The van der Waals surface area contributed by atoms with Gasteiger partial charge in [0.15, 0.2) is 0 Å². The summed E-state index contributed by atoms with van der Waals surface area (Å²) in [6, 6.07) is 19.0. The Hall–Kier alpha value is -3.92. The summed E-state index contributed by atoms with van der Waals surface area (Å²) in [7, 11) is 0. The minimum absolute atomic E-state index is 0.242. The predicted octanol–water partition coefficient (Wildman–Crippen LogP) is 2.61. The molecule has 0 unspecified atom stereocenters. The van der Waals surface area contributed by atoms with E-state index in [2.05, 4.69) is 10.4 Å². The molecular formula is C22H20N4O3. The number of rotatable bonds is 7. The van der Waals surface area contributed by atoms with E-state index in [0.29, 0.717) is 23.4 Å². The molecule has 0 aliphatic heterocycles. The predicted molar refractivity (Wildman–Crippen MR) is 109 cm³/mol. The lowest BCUT2D eigenvalue weighted by Crippen LogP contribution is -2.31. The lowest BCUT2D eigenvalue weighted by molar-refractivity contribution is 0.0951. The highest BCUT2D eigenvalue weighted by Crippen LogP contribution is 2.19. The van der Waals surface area contributed by atoms with E-state index in [4.69, 9.17) is 10.00 Å². The van der Waals surface area contributed by atoms with Gasteiger partial charge in [0.2, 0.25) is 0 Å². The maximum atomic E-state index is 12.2. The molecule has 1 heterocycles. The fourth-order valence-electron chi connectivity index (χ4n) is 2.73. The van der Waals surface area contributed by atoms with Crippen molar-refractivity contribution in [3.63, 3.8) is 0 Å². The number of nitrogens with zero attached hydrogens (tertiary/aromatic N) is 3. The van der Waals surface area contributed by atoms with Gasteiger partial charge >= 0.3 is 0 Å². The van der Waals surface area contributed by atoms with Gasteiger partial charge in [-0.1, -0.05) is 0 Å². The molecule has 0 aliphatic carbocycles. The Kier molecular flexibility index (Phi) is 6.38. The average molecular weight is 388 g/mol. The molecule has 0 bridgehead atoms. The lowest BCUT2D eigenvalue weighted by Gasteiger charge is -2.09. The van der Waals surface area contributed by atoms with Crippen molar-refractivity contribution in [2.45, 2.75) is 13.5 Å². The molecule has 0 atom stereocenters. The van der Waals surface area contributed by atoms with Crippen LogP contribution in [0.4, 0.5) is 0 Å². The first kappa shape index (κ1) is 19.8. The molecule has 0 radical (unpaired) electrons. The second-order valence-electron chi connectivity index (χ2n) is 6.18. The summed E-state index contributed by atoms with van der Waals surface area (Å²) in [6.07, 6.45) is 0. The molecule has 0 spiro atoms. The number of benzene rings is 2. The van der Waals surface area contributed by atoms with Crippen LogP contribution in [0.2, 0.25) is 0 Å². The first-order valence-corrected chi connectivity index (χ1v) is 9.20. The molecule has 1 aromatic heterocycles. The maximum Gasteiger partial charge on any atom is 0.266 e. The van der Waals surface area contributed by atoms with Crippen molar-refractivity contribution in [1.82, 2.24) is 15.1 Å². The quantitative estimate of drug-likeness (QED) is 0.671. The second kappa shape index (κ2) is 9.33. The van der Waals surface area contributed by atoms with Gasteiger partial charge in [-0.25, -0.2) is 4.68 Å². The highest BCUT2D eigenvalue weighted by Gasteiger charge is 2.07. The van der Waals surface area contributed by atoms with Crippen molar-refractivity contribution in [1.29, 1.82) is 5.26 Å². The Balaban J connectivity index is 1.64. The van der Waals surface area contributed by atoms with Gasteiger partial charge < -0.3 is 10.1 Å². The normalized spacial score (nSPS) is 10.2. The number of carbonyl (C=O) groups is 1. The van der Waals surface area contributed by atoms with Crippen molar-refractivity contribution >= 4 is 5.91 Å². The van der Waals surface area contributed by atoms with Crippen LogP contribution in [-0.2, 0) is 6.54 Å². The molecule has 3 rings (SSSR count). The number of hydrogen-bond acceptors (Lipinski definition) is 5. The van der Waals surface area contributed by atoms with Crippen LogP contribution in [-0.4, -0.2) is 28.8 Å². The summed E-state index contributed by atoms with van der Waals surface area (Å²) in [5.74, 6) is 0.500. The van der Waals surface area contributed by atoms with Gasteiger partial charge in [-0.05, 0) is 61.5 Å². The van der Waals surface area contributed by atoms with Gasteiger partial charge in [-0.2, -0.15) is 10.4 Å². The molecule has 7 heteroatoms. The largest absolute Gasteiger partial charge is 0.494 e. The highest BCUT2D eigenvalue weighted by molar-refractivity contribution is 5.94. The number of nitrogens with one attached hydrogen (secondary N) is 1. The van der Waals surface area contributed by atoms with Gasteiger partial charge in [0.25, 0.3) is 11.5 Å². The van der Waals surface area contributed by atoms with Gasteiger partial charge in [0.05, 0.1) is 30.5 Å². The standard InChI is InChI=1S/C22H20N4O3/c1-2-29-19-9-7-17(8-10-19)20-11-12-21(27)26(25-20)14-13-24-22(28)18-5-3-16(15-23)4-6-18/h3-12H,2,13-14H2,1H3,(H,24,28). The molecular weight excluding hydrogens is 368 g/mol.